The first kappa shape index (κ1) is 24.9. The van der Waals surface area contributed by atoms with Crippen LogP contribution in [0.3, 0.4) is 0 Å². The number of hydrogen-bond donors (Lipinski definition) is 1. The maximum atomic E-state index is 6.49. The number of piperidine rings is 1. The molecule has 1 aromatic carbocycles. The second kappa shape index (κ2) is 12.4. The number of nitrogens with zero attached hydrogens (tertiary/aromatic N) is 1. The topological polar surface area (TPSA) is 24.5 Å². The van der Waals surface area contributed by atoms with Crippen LogP contribution < -0.4 is 10.1 Å². The third-order valence-corrected chi connectivity index (χ3v) is 5.09. The SMILES string of the molecule is C=[C-][C@@H]1CCCN(CCC)C1Cc1cc2c(cc1Cl)NCO2.C[C-](C)C.[U+2]. The molecule has 1 N–H and O–H groups in total. The summed E-state index contributed by atoms with van der Waals surface area (Å²) in [5, 5.41) is 4.00. The van der Waals surface area contributed by atoms with Crippen molar-refractivity contribution >= 4 is 17.3 Å². The van der Waals surface area contributed by atoms with Gasteiger partial charge in [-0.25, -0.2) is 0 Å². The summed E-state index contributed by atoms with van der Waals surface area (Å²) in [6.45, 7) is 15.2. The molecule has 1 aromatic rings. The maximum Gasteiger partial charge on any atom is 2.00 e. The van der Waals surface area contributed by atoms with Crippen molar-refractivity contribution in [1.82, 2.24) is 4.90 Å². The molecule has 0 bridgehead atoms. The molecule has 1 unspecified atom stereocenters. The molecular formula is C22H33ClN2OU. The van der Waals surface area contributed by atoms with Gasteiger partial charge in [-0.1, -0.05) is 24.9 Å². The van der Waals surface area contributed by atoms with E-state index in [2.05, 4.69) is 56.6 Å². The van der Waals surface area contributed by atoms with Crippen LogP contribution in [0, 0.1) is 49.0 Å². The Balaban J connectivity index is 0.000000666. The van der Waals surface area contributed by atoms with E-state index in [0.29, 0.717) is 18.7 Å². The van der Waals surface area contributed by atoms with Gasteiger partial charge >= 0.3 is 31.1 Å². The van der Waals surface area contributed by atoms with Crippen molar-refractivity contribution < 1.29 is 35.9 Å². The number of ether oxygens (including phenoxy) is 1. The minimum absolute atomic E-state index is 0. The molecule has 2 aliphatic rings. The smallest absolute Gasteiger partial charge is 0.499 e. The minimum Gasteiger partial charge on any atom is -0.499 e. The van der Waals surface area contributed by atoms with E-state index >= 15 is 0 Å². The predicted octanol–water partition coefficient (Wildman–Crippen LogP) is 5.74. The minimum atomic E-state index is 0. The molecule has 3 nitrogen and oxygen atoms in total. The van der Waals surface area contributed by atoms with Gasteiger partial charge < -0.3 is 26.9 Å². The Morgan fingerprint density at radius 2 is 2.07 bits per heavy atom. The second-order valence-corrected chi connectivity index (χ2v) is 8.07. The van der Waals surface area contributed by atoms with Gasteiger partial charge in [-0.15, -0.1) is 0 Å². The summed E-state index contributed by atoms with van der Waals surface area (Å²) >= 11 is 6.49. The Labute approximate surface area is 194 Å². The first-order valence-corrected chi connectivity index (χ1v) is 10.1. The molecule has 148 valence electrons. The van der Waals surface area contributed by atoms with Crippen LogP contribution in [0.5, 0.6) is 5.75 Å². The van der Waals surface area contributed by atoms with Gasteiger partial charge in [-0.2, -0.15) is 26.7 Å². The molecule has 0 spiro atoms. The second-order valence-electron chi connectivity index (χ2n) is 7.67. The number of fused-ring (bicyclic) bond motifs is 1. The van der Waals surface area contributed by atoms with Crippen LogP contribution in [0.15, 0.2) is 18.7 Å². The van der Waals surface area contributed by atoms with Crippen LogP contribution in [0.4, 0.5) is 5.69 Å². The number of likely N-dealkylation sites (tertiary alicyclic amines) is 1. The van der Waals surface area contributed by atoms with E-state index in [-0.39, 0.29) is 31.1 Å². The average molecular weight is 615 g/mol. The Hall–Kier alpha value is -0.138. The summed E-state index contributed by atoms with van der Waals surface area (Å²) < 4.78 is 5.60. The van der Waals surface area contributed by atoms with E-state index in [0.717, 1.165) is 41.5 Å². The first-order valence-electron chi connectivity index (χ1n) is 9.68. The summed E-state index contributed by atoms with van der Waals surface area (Å²) in [7, 11) is 0. The Morgan fingerprint density at radius 3 is 2.70 bits per heavy atom. The maximum absolute atomic E-state index is 6.49. The van der Waals surface area contributed by atoms with Crippen LogP contribution in [0.25, 0.3) is 0 Å². The van der Waals surface area contributed by atoms with Crippen molar-refractivity contribution in [2.45, 2.75) is 59.4 Å². The molecule has 27 heavy (non-hydrogen) atoms. The average Bonchev–Trinajstić information content (AvgIpc) is 3.03. The van der Waals surface area contributed by atoms with Crippen molar-refractivity contribution in [1.29, 1.82) is 0 Å². The molecule has 2 atom stereocenters. The zero-order chi connectivity index (χ0) is 19.1. The summed E-state index contributed by atoms with van der Waals surface area (Å²) in [4.78, 5) is 2.58. The van der Waals surface area contributed by atoms with Crippen molar-refractivity contribution in [3.8, 4) is 5.75 Å². The zero-order valence-electron chi connectivity index (χ0n) is 17.2. The van der Waals surface area contributed by atoms with Crippen LogP contribution in [0.2, 0.25) is 5.02 Å². The van der Waals surface area contributed by atoms with Gasteiger partial charge in [0, 0.05) is 5.02 Å². The molecule has 0 saturated carbocycles. The van der Waals surface area contributed by atoms with Crippen LogP contribution in [-0.4, -0.2) is 30.8 Å². The monoisotopic (exact) mass is 614 g/mol. The molecule has 1 fully saturated rings. The normalized spacial score (nSPS) is 21.3. The van der Waals surface area contributed by atoms with E-state index in [1.807, 2.05) is 6.07 Å². The first-order chi connectivity index (χ1) is 12.5. The Morgan fingerprint density at radius 1 is 1.37 bits per heavy atom. The van der Waals surface area contributed by atoms with Crippen molar-refractivity contribution in [2.24, 2.45) is 5.92 Å². The number of hydrogen-bond acceptors (Lipinski definition) is 3. The standard InChI is InChI=1S/C18H24ClN2O.C4H9.U/c1-3-7-21-8-5-6-13(4-2)17(21)9-14-10-18-16(11-15(14)19)20-12-22-18;1-4(2)3;/h10-11,13,17,20H,2-3,5-9,12H2,1H3;1-3H3;/q2*-1;+2/t13-,17?;;/m1../s1. The number of nitrogens with one attached hydrogen (secondary N) is 1. The van der Waals surface area contributed by atoms with Gasteiger partial charge in [-0.05, 0) is 56.1 Å². The van der Waals surface area contributed by atoms with Gasteiger partial charge in [0.05, 0.1) is 5.69 Å². The number of benzene rings is 1. The van der Waals surface area contributed by atoms with E-state index in [9.17, 15) is 0 Å². The van der Waals surface area contributed by atoms with Crippen LogP contribution in [0.1, 0.15) is 52.5 Å². The predicted molar refractivity (Wildman–Crippen MR) is 112 cm³/mol. The zero-order valence-corrected chi connectivity index (χ0v) is 22.1. The van der Waals surface area contributed by atoms with Gasteiger partial charge in [0.1, 0.15) is 5.75 Å². The molecule has 5 heteroatoms. The molecule has 0 aromatic heterocycles. The van der Waals surface area contributed by atoms with Gasteiger partial charge in [0.15, 0.2) is 6.73 Å². The van der Waals surface area contributed by atoms with E-state index in [1.165, 1.54) is 25.2 Å². The Bertz CT molecular complexity index is 589. The van der Waals surface area contributed by atoms with Gasteiger partial charge in [0.2, 0.25) is 0 Å². The molecule has 2 aliphatic heterocycles. The fraction of sp³-hybridized carbons (Fsp3) is 0.591. The third kappa shape index (κ3) is 7.32. The molecule has 3 rings (SSSR count). The quantitative estimate of drug-likeness (QED) is 0.428. The molecular weight excluding hydrogens is 582 g/mol. The molecule has 0 radical (unpaired) electrons. The van der Waals surface area contributed by atoms with Crippen molar-refractivity contribution in [3.05, 3.63) is 41.3 Å². The Kier molecular flexibility index (Phi) is 11.5. The van der Waals surface area contributed by atoms with Crippen molar-refractivity contribution in [3.63, 3.8) is 0 Å². The molecule has 0 amide bonds. The summed E-state index contributed by atoms with van der Waals surface area (Å²) in [5.74, 6) is 2.75. The van der Waals surface area contributed by atoms with E-state index in [1.54, 1.807) is 0 Å². The third-order valence-electron chi connectivity index (χ3n) is 4.73. The summed E-state index contributed by atoms with van der Waals surface area (Å²) in [6, 6.07) is 4.52. The summed E-state index contributed by atoms with van der Waals surface area (Å²) in [6.07, 6.45) is 7.77. The fourth-order valence-corrected chi connectivity index (χ4v) is 3.87. The van der Waals surface area contributed by atoms with E-state index in [4.69, 9.17) is 16.3 Å². The fourth-order valence-electron chi connectivity index (χ4n) is 3.63. The number of halogens is 1. The molecule has 0 aliphatic carbocycles. The molecule has 2 heterocycles. The number of rotatable bonds is 5. The van der Waals surface area contributed by atoms with Crippen LogP contribution >= 0.6 is 11.6 Å². The van der Waals surface area contributed by atoms with Crippen LogP contribution in [-0.2, 0) is 6.42 Å². The van der Waals surface area contributed by atoms with Gasteiger partial charge in [0.25, 0.3) is 0 Å². The van der Waals surface area contributed by atoms with Gasteiger partial charge in [-0.3, -0.25) is 6.58 Å². The van der Waals surface area contributed by atoms with Crippen molar-refractivity contribution in [2.75, 3.05) is 25.1 Å². The molecule has 1 saturated heterocycles. The summed E-state index contributed by atoms with van der Waals surface area (Å²) in [5.41, 5.74) is 2.16. The largest absolute Gasteiger partial charge is 2.00 e. The number of anilines is 1. The van der Waals surface area contributed by atoms with E-state index < -0.39 is 0 Å².